The molecule has 0 unspecified atom stereocenters. The van der Waals surface area contributed by atoms with Gasteiger partial charge in [-0.3, -0.25) is 4.68 Å². The first-order valence-electron chi connectivity index (χ1n) is 7.89. The Hall–Kier alpha value is -3.04. The van der Waals surface area contributed by atoms with Crippen molar-refractivity contribution in [2.75, 3.05) is 0 Å². The third-order valence-corrected chi connectivity index (χ3v) is 5.35. The largest absolute Gasteiger partial charge is 0.250 e. The first kappa shape index (κ1) is 16.4. The van der Waals surface area contributed by atoms with Crippen LogP contribution in [0.1, 0.15) is 5.56 Å². The molecule has 0 aliphatic rings. The third-order valence-electron chi connectivity index (χ3n) is 3.98. The Balaban J connectivity index is 1.52. The quantitative estimate of drug-likeness (QED) is 0.578. The fourth-order valence-corrected chi connectivity index (χ4v) is 3.60. The summed E-state index contributed by atoms with van der Waals surface area (Å²) in [7, 11) is -1.93. The predicted molar refractivity (Wildman–Crippen MR) is 96.1 cm³/mol. The van der Waals surface area contributed by atoms with Crippen molar-refractivity contribution >= 4 is 21.1 Å². The van der Waals surface area contributed by atoms with Gasteiger partial charge in [-0.15, -0.1) is 0 Å². The van der Waals surface area contributed by atoms with Gasteiger partial charge in [0.1, 0.15) is 4.90 Å². The summed E-state index contributed by atoms with van der Waals surface area (Å²) < 4.78 is 30.9. The van der Waals surface area contributed by atoms with Crippen LogP contribution in [0.5, 0.6) is 0 Å². The molecule has 1 N–H and O–H groups in total. The van der Waals surface area contributed by atoms with Crippen LogP contribution in [0, 0.1) is 0 Å². The number of nitrogens with zero attached hydrogens (tertiary/aromatic N) is 5. The molecule has 4 aromatic rings. The van der Waals surface area contributed by atoms with Crippen LogP contribution in [0.3, 0.4) is 0 Å². The molecule has 0 fully saturated rings. The van der Waals surface area contributed by atoms with Crippen molar-refractivity contribution in [3.8, 4) is 5.69 Å². The molecule has 0 amide bonds. The van der Waals surface area contributed by atoms with E-state index in [4.69, 9.17) is 0 Å². The van der Waals surface area contributed by atoms with Crippen LogP contribution in [-0.2, 0) is 23.6 Å². The first-order valence-corrected chi connectivity index (χ1v) is 9.38. The number of aromatic nitrogens is 5. The van der Waals surface area contributed by atoms with E-state index in [0.29, 0.717) is 11.0 Å². The maximum atomic E-state index is 12.5. The summed E-state index contributed by atoms with van der Waals surface area (Å²) in [4.78, 5) is 4.28. The second-order valence-corrected chi connectivity index (χ2v) is 7.57. The number of rotatable bonds is 5. The van der Waals surface area contributed by atoms with Crippen molar-refractivity contribution in [1.82, 2.24) is 29.3 Å². The molecule has 3 aromatic heterocycles. The number of nitrogens with one attached hydrogen (secondary N) is 1. The van der Waals surface area contributed by atoms with Crippen molar-refractivity contribution in [3.63, 3.8) is 0 Å². The molecule has 9 heteroatoms. The number of hydrogen-bond acceptors (Lipinski definition) is 5. The highest BCUT2D eigenvalue weighted by Crippen LogP contribution is 2.16. The van der Waals surface area contributed by atoms with Crippen LogP contribution in [0.2, 0.25) is 0 Å². The summed E-state index contributed by atoms with van der Waals surface area (Å²) in [5.74, 6) is 0. The molecule has 0 bridgehead atoms. The zero-order chi connectivity index (χ0) is 18.1. The maximum Gasteiger partial charge on any atom is 0.242 e. The Kier molecular flexibility index (Phi) is 4.02. The number of pyridine rings is 1. The van der Waals surface area contributed by atoms with Gasteiger partial charge in [0.15, 0.2) is 5.65 Å². The molecule has 0 radical (unpaired) electrons. The van der Waals surface area contributed by atoms with Gasteiger partial charge in [0.2, 0.25) is 10.0 Å². The second-order valence-electron chi connectivity index (χ2n) is 5.81. The first-order chi connectivity index (χ1) is 12.5. The van der Waals surface area contributed by atoms with Gasteiger partial charge in [0, 0.05) is 36.9 Å². The van der Waals surface area contributed by atoms with E-state index < -0.39 is 10.0 Å². The average molecular weight is 368 g/mol. The zero-order valence-electron chi connectivity index (χ0n) is 13.9. The van der Waals surface area contributed by atoms with Gasteiger partial charge in [-0.2, -0.15) is 10.2 Å². The molecular weight excluding hydrogens is 352 g/mol. The standard InChI is InChI=1S/C17H16N6O2S/c1-22-17-14(10-19-22)7-16(11-18-17)26(24,25)21-9-13-8-20-23(12-13)15-5-3-2-4-6-15/h2-8,10-12,21H,9H2,1H3. The molecule has 0 atom stereocenters. The van der Waals surface area contributed by atoms with Crippen molar-refractivity contribution in [1.29, 1.82) is 0 Å². The van der Waals surface area contributed by atoms with Crippen molar-refractivity contribution < 1.29 is 8.42 Å². The van der Waals surface area contributed by atoms with Gasteiger partial charge < -0.3 is 0 Å². The Morgan fingerprint density at radius 1 is 1.08 bits per heavy atom. The fraction of sp³-hybridized carbons (Fsp3) is 0.118. The summed E-state index contributed by atoms with van der Waals surface area (Å²) in [5, 5.41) is 9.01. The van der Waals surface area contributed by atoms with E-state index in [1.54, 1.807) is 41.1 Å². The van der Waals surface area contributed by atoms with Crippen LogP contribution < -0.4 is 4.72 Å². The smallest absolute Gasteiger partial charge is 0.242 e. The van der Waals surface area contributed by atoms with Crippen LogP contribution in [0.15, 0.2) is 66.1 Å². The average Bonchev–Trinajstić information content (AvgIpc) is 3.28. The topological polar surface area (TPSA) is 94.7 Å². The molecule has 0 aliphatic heterocycles. The molecular formula is C17H16N6O2S. The molecule has 26 heavy (non-hydrogen) atoms. The minimum absolute atomic E-state index is 0.105. The van der Waals surface area contributed by atoms with Crippen molar-refractivity contribution in [3.05, 3.63) is 66.7 Å². The van der Waals surface area contributed by atoms with Crippen LogP contribution >= 0.6 is 0 Å². The lowest BCUT2D eigenvalue weighted by molar-refractivity contribution is 0.581. The minimum Gasteiger partial charge on any atom is -0.250 e. The van der Waals surface area contributed by atoms with Gasteiger partial charge in [-0.05, 0) is 18.2 Å². The summed E-state index contributed by atoms with van der Waals surface area (Å²) in [6.07, 6.45) is 6.35. The predicted octanol–water partition coefficient (Wildman–Crippen LogP) is 1.63. The third kappa shape index (κ3) is 3.09. The molecule has 4 rings (SSSR count). The maximum absolute atomic E-state index is 12.5. The summed E-state index contributed by atoms with van der Waals surface area (Å²) >= 11 is 0. The molecule has 3 heterocycles. The van der Waals surface area contributed by atoms with E-state index in [0.717, 1.165) is 11.3 Å². The van der Waals surface area contributed by atoms with Crippen LogP contribution in [-0.4, -0.2) is 33.0 Å². The second kappa shape index (κ2) is 6.36. The number of benzene rings is 1. The normalized spacial score (nSPS) is 11.9. The number of sulfonamides is 1. The van der Waals surface area contributed by atoms with Gasteiger partial charge in [0.25, 0.3) is 0 Å². The number of para-hydroxylation sites is 1. The molecule has 0 aliphatic carbocycles. The van der Waals surface area contributed by atoms with Gasteiger partial charge in [-0.1, -0.05) is 18.2 Å². The monoisotopic (exact) mass is 368 g/mol. The molecule has 0 saturated heterocycles. The van der Waals surface area contributed by atoms with E-state index in [1.807, 2.05) is 30.3 Å². The van der Waals surface area contributed by atoms with Gasteiger partial charge >= 0.3 is 0 Å². The number of aryl methyl sites for hydroxylation is 1. The lowest BCUT2D eigenvalue weighted by Crippen LogP contribution is -2.23. The summed E-state index contributed by atoms with van der Waals surface area (Å²) in [5.41, 5.74) is 2.30. The van der Waals surface area contributed by atoms with E-state index in [9.17, 15) is 8.42 Å². The van der Waals surface area contributed by atoms with Crippen LogP contribution in [0.25, 0.3) is 16.7 Å². The molecule has 8 nitrogen and oxygen atoms in total. The molecule has 0 spiro atoms. The van der Waals surface area contributed by atoms with E-state index in [-0.39, 0.29) is 11.4 Å². The molecule has 0 saturated carbocycles. The Morgan fingerprint density at radius 2 is 1.88 bits per heavy atom. The fourth-order valence-electron chi connectivity index (χ4n) is 2.61. The minimum atomic E-state index is -3.68. The SMILES string of the molecule is Cn1ncc2cc(S(=O)(=O)NCc3cnn(-c4ccccc4)c3)cnc21. The molecule has 1 aromatic carbocycles. The number of fused-ring (bicyclic) bond motifs is 1. The van der Waals surface area contributed by atoms with Gasteiger partial charge in [0.05, 0.1) is 18.1 Å². The van der Waals surface area contributed by atoms with Crippen LogP contribution in [0.4, 0.5) is 0 Å². The van der Waals surface area contributed by atoms with E-state index in [1.165, 1.54) is 6.20 Å². The highest BCUT2D eigenvalue weighted by molar-refractivity contribution is 7.89. The summed E-state index contributed by atoms with van der Waals surface area (Å²) in [6.45, 7) is 0.139. The van der Waals surface area contributed by atoms with E-state index >= 15 is 0 Å². The Bertz CT molecular complexity index is 1160. The number of hydrogen-bond donors (Lipinski definition) is 1. The Morgan fingerprint density at radius 3 is 2.69 bits per heavy atom. The van der Waals surface area contributed by atoms with E-state index in [2.05, 4.69) is 19.9 Å². The highest BCUT2D eigenvalue weighted by atomic mass is 32.2. The lowest BCUT2D eigenvalue weighted by atomic mass is 10.3. The lowest BCUT2D eigenvalue weighted by Gasteiger charge is -2.05. The van der Waals surface area contributed by atoms with Crippen molar-refractivity contribution in [2.24, 2.45) is 7.05 Å². The molecule has 132 valence electrons. The van der Waals surface area contributed by atoms with Gasteiger partial charge in [-0.25, -0.2) is 22.8 Å². The summed E-state index contributed by atoms with van der Waals surface area (Å²) in [6, 6.07) is 11.2. The highest BCUT2D eigenvalue weighted by Gasteiger charge is 2.16. The Labute approximate surface area is 150 Å². The zero-order valence-corrected chi connectivity index (χ0v) is 14.8. The van der Waals surface area contributed by atoms with Crippen molar-refractivity contribution in [2.45, 2.75) is 11.4 Å².